The van der Waals surface area contributed by atoms with Gasteiger partial charge >= 0.3 is 0 Å². The summed E-state index contributed by atoms with van der Waals surface area (Å²) in [5.74, 6) is 0.464. The fourth-order valence-electron chi connectivity index (χ4n) is 2.81. The van der Waals surface area contributed by atoms with Crippen LogP contribution in [-0.4, -0.2) is 47.1 Å². The highest BCUT2D eigenvalue weighted by atomic mass is 32.1. The highest BCUT2D eigenvalue weighted by Crippen LogP contribution is 2.18. The summed E-state index contributed by atoms with van der Waals surface area (Å²) in [6, 6.07) is 6.03. The third kappa shape index (κ3) is 4.59. The van der Waals surface area contributed by atoms with E-state index in [4.69, 9.17) is 4.74 Å². The third-order valence-electron chi connectivity index (χ3n) is 3.95. The Hall–Kier alpha value is -1.79. The number of thiophene rings is 1. The van der Waals surface area contributed by atoms with Crippen LogP contribution in [0.5, 0.6) is 0 Å². The van der Waals surface area contributed by atoms with Crippen LogP contribution >= 0.6 is 11.3 Å². The monoisotopic (exact) mass is 331 g/mol. The summed E-state index contributed by atoms with van der Waals surface area (Å²) in [6.07, 6.45) is 4.61. The van der Waals surface area contributed by atoms with Gasteiger partial charge in [0.05, 0.1) is 19.6 Å². The normalized spacial score (nSPS) is 18.7. The SMILES string of the molecule is Cc1ccc(CC(=O)N2CCOC[C@H](Cc3ccncn3)C2)s1. The molecular formula is C17H21N3O2S. The molecule has 0 radical (unpaired) electrons. The zero-order valence-electron chi connectivity index (χ0n) is 13.3. The number of carbonyl (C=O) groups is 1. The molecule has 0 bridgehead atoms. The van der Waals surface area contributed by atoms with Crippen molar-refractivity contribution in [3.8, 4) is 0 Å². The Kier molecular flexibility index (Phi) is 5.35. The van der Waals surface area contributed by atoms with E-state index < -0.39 is 0 Å². The van der Waals surface area contributed by atoms with Crippen LogP contribution in [0.4, 0.5) is 0 Å². The molecule has 0 aromatic carbocycles. The van der Waals surface area contributed by atoms with Crippen molar-refractivity contribution >= 4 is 17.2 Å². The van der Waals surface area contributed by atoms with E-state index in [1.807, 2.05) is 17.0 Å². The molecule has 122 valence electrons. The van der Waals surface area contributed by atoms with E-state index in [1.54, 1.807) is 23.9 Å². The van der Waals surface area contributed by atoms with Crippen molar-refractivity contribution in [3.05, 3.63) is 46.2 Å². The van der Waals surface area contributed by atoms with Crippen molar-refractivity contribution in [2.45, 2.75) is 19.8 Å². The Morgan fingerprint density at radius 2 is 2.35 bits per heavy atom. The molecule has 1 amide bonds. The smallest absolute Gasteiger partial charge is 0.227 e. The van der Waals surface area contributed by atoms with E-state index in [2.05, 4.69) is 23.0 Å². The molecule has 2 aromatic heterocycles. The van der Waals surface area contributed by atoms with Crippen molar-refractivity contribution in [3.63, 3.8) is 0 Å². The quantitative estimate of drug-likeness (QED) is 0.861. The lowest BCUT2D eigenvalue weighted by Gasteiger charge is -2.23. The van der Waals surface area contributed by atoms with Gasteiger partial charge in [0, 0.05) is 40.7 Å². The maximum absolute atomic E-state index is 12.6. The largest absolute Gasteiger partial charge is 0.379 e. The van der Waals surface area contributed by atoms with Crippen molar-refractivity contribution in [1.82, 2.24) is 14.9 Å². The predicted octanol–water partition coefficient (Wildman–Crippen LogP) is 2.11. The minimum Gasteiger partial charge on any atom is -0.379 e. The molecule has 1 atom stereocenters. The number of carbonyl (C=O) groups excluding carboxylic acids is 1. The molecule has 0 saturated carbocycles. The number of aryl methyl sites for hydroxylation is 1. The summed E-state index contributed by atoms with van der Waals surface area (Å²) < 4.78 is 5.68. The van der Waals surface area contributed by atoms with Crippen LogP contribution < -0.4 is 0 Å². The number of nitrogens with zero attached hydrogens (tertiary/aromatic N) is 3. The molecule has 5 nitrogen and oxygen atoms in total. The summed E-state index contributed by atoms with van der Waals surface area (Å²) in [4.78, 5) is 25.1. The lowest BCUT2D eigenvalue weighted by Crippen LogP contribution is -2.37. The summed E-state index contributed by atoms with van der Waals surface area (Å²) in [7, 11) is 0. The Bertz CT molecular complexity index is 644. The van der Waals surface area contributed by atoms with E-state index in [-0.39, 0.29) is 11.8 Å². The maximum atomic E-state index is 12.6. The second-order valence-corrected chi connectivity index (χ2v) is 7.25. The van der Waals surface area contributed by atoms with E-state index in [1.165, 1.54) is 4.88 Å². The molecule has 23 heavy (non-hydrogen) atoms. The van der Waals surface area contributed by atoms with E-state index in [0.717, 1.165) is 23.5 Å². The van der Waals surface area contributed by atoms with Gasteiger partial charge in [0.25, 0.3) is 0 Å². The van der Waals surface area contributed by atoms with Gasteiger partial charge in [-0.15, -0.1) is 11.3 Å². The first-order valence-electron chi connectivity index (χ1n) is 7.86. The number of hydrogen-bond acceptors (Lipinski definition) is 5. The molecule has 0 N–H and O–H groups in total. The van der Waals surface area contributed by atoms with Gasteiger partial charge in [-0.25, -0.2) is 9.97 Å². The predicted molar refractivity (Wildman–Crippen MR) is 89.4 cm³/mol. The van der Waals surface area contributed by atoms with Gasteiger partial charge in [-0.05, 0) is 31.5 Å². The van der Waals surface area contributed by atoms with Gasteiger partial charge < -0.3 is 9.64 Å². The first-order chi connectivity index (χ1) is 11.2. The number of amides is 1. The second-order valence-electron chi connectivity index (χ2n) is 5.87. The van der Waals surface area contributed by atoms with Crippen LogP contribution in [-0.2, 0) is 22.4 Å². The minimum absolute atomic E-state index is 0.185. The fraction of sp³-hybridized carbons (Fsp3) is 0.471. The molecule has 6 heteroatoms. The van der Waals surface area contributed by atoms with Crippen molar-refractivity contribution in [2.75, 3.05) is 26.3 Å². The standard InChI is InChI=1S/C17H21N3O2S/c1-13-2-3-16(23-13)9-17(21)20-6-7-22-11-14(10-20)8-15-4-5-18-12-19-15/h2-5,12,14H,6-11H2,1H3/t14-/m1/s1. The number of hydrogen-bond donors (Lipinski definition) is 0. The number of aromatic nitrogens is 2. The van der Waals surface area contributed by atoms with Crippen molar-refractivity contribution < 1.29 is 9.53 Å². The molecule has 1 aliphatic heterocycles. The zero-order valence-corrected chi connectivity index (χ0v) is 14.1. The summed E-state index contributed by atoms with van der Waals surface area (Å²) in [5, 5.41) is 0. The third-order valence-corrected chi connectivity index (χ3v) is 4.95. The topological polar surface area (TPSA) is 55.3 Å². The van der Waals surface area contributed by atoms with Gasteiger partial charge in [-0.1, -0.05) is 0 Å². The summed E-state index contributed by atoms with van der Waals surface area (Å²) >= 11 is 1.69. The highest BCUT2D eigenvalue weighted by Gasteiger charge is 2.23. The van der Waals surface area contributed by atoms with Crippen LogP contribution in [0.3, 0.4) is 0 Å². The number of ether oxygens (including phenoxy) is 1. The lowest BCUT2D eigenvalue weighted by atomic mass is 10.0. The molecule has 1 fully saturated rings. The molecule has 2 aromatic rings. The Morgan fingerprint density at radius 3 is 3.09 bits per heavy atom. The summed E-state index contributed by atoms with van der Waals surface area (Å²) in [5.41, 5.74) is 0.997. The average molecular weight is 331 g/mol. The first-order valence-corrected chi connectivity index (χ1v) is 8.68. The highest BCUT2D eigenvalue weighted by molar-refractivity contribution is 7.12. The van der Waals surface area contributed by atoms with Gasteiger partial charge in [-0.3, -0.25) is 4.79 Å². The van der Waals surface area contributed by atoms with Crippen molar-refractivity contribution in [2.24, 2.45) is 5.92 Å². The van der Waals surface area contributed by atoms with Crippen molar-refractivity contribution in [1.29, 1.82) is 0 Å². The van der Waals surface area contributed by atoms with Crippen LogP contribution in [0.2, 0.25) is 0 Å². The zero-order chi connectivity index (χ0) is 16.1. The number of rotatable bonds is 4. The van der Waals surface area contributed by atoms with Gasteiger partial charge in [0.15, 0.2) is 0 Å². The average Bonchev–Trinajstić information content (AvgIpc) is 2.82. The van der Waals surface area contributed by atoms with Crippen LogP contribution in [0.25, 0.3) is 0 Å². The minimum atomic E-state index is 0.185. The lowest BCUT2D eigenvalue weighted by molar-refractivity contribution is -0.130. The first kappa shape index (κ1) is 16.1. The Labute approximate surface area is 140 Å². The Morgan fingerprint density at radius 1 is 1.43 bits per heavy atom. The molecule has 0 spiro atoms. The van der Waals surface area contributed by atoms with E-state index >= 15 is 0 Å². The molecule has 1 saturated heterocycles. The van der Waals surface area contributed by atoms with Gasteiger partial charge in [0.1, 0.15) is 6.33 Å². The van der Waals surface area contributed by atoms with E-state index in [9.17, 15) is 4.79 Å². The van der Waals surface area contributed by atoms with Gasteiger partial charge in [0.2, 0.25) is 5.91 Å². The summed E-state index contributed by atoms with van der Waals surface area (Å²) in [6.45, 7) is 4.74. The maximum Gasteiger partial charge on any atom is 0.227 e. The molecule has 0 unspecified atom stereocenters. The second kappa shape index (κ2) is 7.66. The van der Waals surface area contributed by atoms with Gasteiger partial charge in [-0.2, -0.15) is 0 Å². The van der Waals surface area contributed by atoms with E-state index in [0.29, 0.717) is 26.2 Å². The molecule has 3 heterocycles. The van der Waals surface area contributed by atoms with Crippen LogP contribution in [0, 0.1) is 12.8 Å². The molecule has 3 rings (SSSR count). The molecular weight excluding hydrogens is 310 g/mol. The Balaban J connectivity index is 1.61. The molecule has 1 aliphatic rings. The fourth-order valence-corrected chi connectivity index (χ4v) is 3.69. The van der Waals surface area contributed by atoms with Crippen LogP contribution in [0.15, 0.2) is 30.7 Å². The molecule has 0 aliphatic carbocycles. The van der Waals surface area contributed by atoms with Crippen LogP contribution in [0.1, 0.15) is 15.4 Å².